The fraction of sp³-hybridized carbons (Fsp3) is 0.407. The van der Waals surface area contributed by atoms with Crippen molar-refractivity contribution in [3.63, 3.8) is 0 Å². The van der Waals surface area contributed by atoms with E-state index in [0.717, 1.165) is 57.4 Å². The monoisotopic (exact) mass is 445 g/mol. The molecule has 33 heavy (non-hydrogen) atoms. The zero-order valence-electron chi connectivity index (χ0n) is 19.2. The highest BCUT2D eigenvalue weighted by atomic mass is 16.5. The van der Waals surface area contributed by atoms with E-state index in [-0.39, 0.29) is 12.0 Å². The number of nitrogens with zero attached hydrogens (tertiary/aromatic N) is 3. The number of carbonyl (C=O) groups is 2. The second kappa shape index (κ2) is 9.40. The van der Waals surface area contributed by atoms with Crippen LogP contribution in [0.5, 0.6) is 0 Å². The molecule has 172 valence electrons. The van der Waals surface area contributed by atoms with Crippen LogP contribution in [0.4, 0.5) is 4.79 Å². The molecular weight excluding hydrogens is 414 g/mol. The fourth-order valence-electron chi connectivity index (χ4n) is 5.54. The Morgan fingerprint density at radius 1 is 0.848 bits per heavy atom. The lowest BCUT2D eigenvalue weighted by Crippen LogP contribution is -2.48. The number of para-hydroxylation sites is 1. The smallest absolute Gasteiger partial charge is 0.409 e. The van der Waals surface area contributed by atoms with Gasteiger partial charge in [0.2, 0.25) is 0 Å². The number of carbonyl (C=O) groups excluding carboxylic acids is 2. The van der Waals surface area contributed by atoms with Gasteiger partial charge < -0.3 is 14.5 Å². The molecule has 0 spiro atoms. The topological polar surface area (TPSA) is 54.8 Å². The molecule has 2 fully saturated rings. The molecule has 2 saturated heterocycles. The Bertz CT molecular complexity index is 1120. The Labute approximate surface area is 194 Å². The third-order valence-corrected chi connectivity index (χ3v) is 7.37. The van der Waals surface area contributed by atoms with Crippen molar-refractivity contribution >= 4 is 22.9 Å². The summed E-state index contributed by atoms with van der Waals surface area (Å²) in [5.41, 5.74) is 2.98. The van der Waals surface area contributed by atoms with Crippen LogP contribution in [0, 0.1) is 0 Å². The van der Waals surface area contributed by atoms with E-state index in [0.29, 0.717) is 17.5 Å². The molecule has 1 aromatic heterocycles. The third-order valence-electron chi connectivity index (χ3n) is 7.37. The summed E-state index contributed by atoms with van der Waals surface area (Å²) in [5, 5.41) is 1.19. The average molecular weight is 446 g/mol. The van der Waals surface area contributed by atoms with Gasteiger partial charge in [0.15, 0.2) is 0 Å². The van der Waals surface area contributed by atoms with Gasteiger partial charge in [0.25, 0.3) is 5.91 Å². The molecule has 6 nitrogen and oxygen atoms in total. The van der Waals surface area contributed by atoms with Crippen molar-refractivity contribution in [3.05, 3.63) is 71.9 Å². The number of hydrogen-bond acceptors (Lipinski definition) is 4. The van der Waals surface area contributed by atoms with Gasteiger partial charge in [-0.2, -0.15) is 0 Å². The Balaban J connectivity index is 1.29. The Morgan fingerprint density at radius 3 is 2.21 bits per heavy atom. The first-order chi connectivity index (χ1) is 16.2. The summed E-state index contributed by atoms with van der Waals surface area (Å²) in [7, 11) is 1.45. The first-order valence-corrected chi connectivity index (χ1v) is 11.9. The molecule has 0 atom stereocenters. The molecule has 0 saturated carbocycles. The number of amides is 1. The lowest BCUT2D eigenvalue weighted by atomic mass is 9.88. The summed E-state index contributed by atoms with van der Waals surface area (Å²) in [6, 6.07) is 18.3. The number of aromatic nitrogens is 1. The highest BCUT2D eigenvalue weighted by molar-refractivity contribution is 6.03. The number of methoxy groups -OCH3 is 1. The maximum atomic E-state index is 13.2. The molecule has 0 radical (unpaired) electrons. The van der Waals surface area contributed by atoms with Crippen molar-refractivity contribution in [1.29, 1.82) is 0 Å². The fourth-order valence-corrected chi connectivity index (χ4v) is 5.54. The van der Waals surface area contributed by atoms with Crippen molar-refractivity contribution < 1.29 is 14.3 Å². The van der Waals surface area contributed by atoms with E-state index in [9.17, 15) is 9.59 Å². The lowest BCUT2D eigenvalue weighted by Gasteiger charge is -2.41. The molecule has 0 bridgehead atoms. The SMILES string of the molecule is COC(=O)N1CCC(N2CCC(c3cn(C(=O)c4ccccc4)c4ccccc34)CC2)CC1. The van der Waals surface area contributed by atoms with Gasteiger partial charge in [-0.3, -0.25) is 9.36 Å². The summed E-state index contributed by atoms with van der Waals surface area (Å²) in [4.78, 5) is 29.4. The molecular formula is C27H31N3O3. The quantitative estimate of drug-likeness (QED) is 0.584. The van der Waals surface area contributed by atoms with Crippen LogP contribution in [-0.2, 0) is 4.74 Å². The number of fused-ring (bicyclic) bond motifs is 1. The maximum absolute atomic E-state index is 13.2. The van der Waals surface area contributed by atoms with E-state index in [1.807, 2.05) is 51.9 Å². The second-order valence-corrected chi connectivity index (χ2v) is 9.14. The van der Waals surface area contributed by atoms with Gasteiger partial charge in [0.05, 0.1) is 12.6 Å². The molecule has 2 aliphatic heterocycles. The summed E-state index contributed by atoms with van der Waals surface area (Å²) in [6.07, 6.45) is 6.05. The van der Waals surface area contributed by atoms with Crippen molar-refractivity contribution in [2.45, 2.75) is 37.6 Å². The second-order valence-electron chi connectivity index (χ2n) is 9.14. The molecule has 0 N–H and O–H groups in total. The standard InChI is InChI=1S/C27H31N3O3/c1-33-27(32)29-17-13-22(14-18-29)28-15-11-20(12-16-28)24-19-30(25-10-6-5-9-23(24)25)26(31)21-7-3-2-4-8-21/h2-10,19-20,22H,11-18H2,1H3. The van der Waals surface area contributed by atoms with E-state index < -0.39 is 0 Å². The highest BCUT2D eigenvalue weighted by Gasteiger charge is 2.31. The van der Waals surface area contributed by atoms with E-state index >= 15 is 0 Å². The summed E-state index contributed by atoms with van der Waals surface area (Å²) >= 11 is 0. The molecule has 1 amide bonds. The zero-order valence-corrected chi connectivity index (χ0v) is 19.2. The van der Waals surface area contributed by atoms with Gasteiger partial charge in [0.1, 0.15) is 0 Å². The minimum Gasteiger partial charge on any atom is -0.453 e. The molecule has 6 heteroatoms. The van der Waals surface area contributed by atoms with Crippen LogP contribution in [0.15, 0.2) is 60.8 Å². The maximum Gasteiger partial charge on any atom is 0.409 e. The van der Waals surface area contributed by atoms with Gasteiger partial charge in [-0.25, -0.2) is 4.79 Å². The van der Waals surface area contributed by atoms with Gasteiger partial charge >= 0.3 is 6.09 Å². The van der Waals surface area contributed by atoms with Crippen LogP contribution >= 0.6 is 0 Å². The lowest BCUT2D eigenvalue weighted by molar-refractivity contribution is 0.0734. The molecule has 2 aliphatic rings. The highest BCUT2D eigenvalue weighted by Crippen LogP contribution is 2.36. The van der Waals surface area contributed by atoms with Crippen LogP contribution in [0.1, 0.15) is 47.5 Å². The summed E-state index contributed by atoms with van der Waals surface area (Å²) in [5.74, 6) is 0.471. The number of ether oxygens (including phenoxy) is 1. The number of rotatable bonds is 3. The largest absolute Gasteiger partial charge is 0.453 e. The Morgan fingerprint density at radius 2 is 1.52 bits per heavy atom. The van der Waals surface area contributed by atoms with Crippen LogP contribution in [0.25, 0.3) is 10.9 Å². The molecule has 0 unspecified atom stereocenters. The number of likely N-dealkylation sites (tertiary alicyclic amines) is 2. The van der Waals surface area contributed by atoms with Gasteiger partial charge in [-0.15, -0.1) is 0 Å². The van der Waals surface area contributed by atoms with Gasteiger partial charge in [0, 0.05) is 36.3 Å². The summed E-state index contributed by atoms with van der Waals surface area (Å²) in [6.45, 7) is 3.65. The van der Waals surface area contributed by atoms with Crippen LogP contribution in [0.2, 0.25) is 0 Å². The van der Waals surface area contributed by atoms with Crippen molar-refractivity contribution in [3.8, 4) is 0 Å². The summed E-state index contributed by atoms with van der Waals surface area (Å²) < 4.78 is 6.69. The molecule has 3 aromatic rings. The number of benzene rings is 2. The predicted octanol–water partition coefficient (Wildman–Crippen LogP) is 4.74. The first-order valence-electron chi connectivity index (χ1n) is 11.9. The number of piperidine rings is 2. The molecule has 2 aromatic carbocycles. The molecule has 5 rings (SSSR count). The van der Waals surface area contributed by atoms with Crippen LogP contribution in [-0.4, -0.2) is 65.7 Å². The van der Waals surface area contributed by atoms with E-state index in [1.165, 1.54) is 18.1 Å². The predicted molar refractivity (Wildman–Crippen MR) is 129 cm³/mol. The molecule has 3 heterocycles. The minimum atomic E-state index is -0.214. The normalized spacial score (nSPS) is 18.5. The third kappa shape index (κ3) is 4.27. The van der Waals surface area contributed by atoms with Gasteiger partial charge in [-0.1, -0.05) is 36.4 Å². The van der Waals surface area contributed by atoms with Crippen molar-refractivity contribution in [2.75, 3.05) is 33.3 Å². The van der Waals surface area contributed by atoms with E-state index in [4.69, 9.17) is 4.74 Å². The number of hydrogen-bond donors (Lipinski definition) is 0. The van der Waals surface area contributed by atoms with Crippen molar-refractivity contribution in [2.24, 2.45) is 0 Å². The Kier molecular flexibility index (Phi) is 6.18. The van der Waals surface area contributed by atoms with Crippen molar-refractivity contribution in [1.82, 2.24) is 14.4 Å². The van der Waals surface area contributed by atoms with Gasteiger partial charge in [-0.05, 0) is 68.5 Å². The Hall–Kier alpha value is -3.12. The first kappa shape index (κ1) is 21.7. The minimum absolute atomic E-state index is 0.0212. The van der Waals surface area contributed by atoms with E-state index in [1.54, 1.807) is 0 Å². The van der Waals surface area contributed by atoms with Crippen LogP contribution < -0.4 is 0 Å². The average Bonchev–Trinajstić information content (AvgIpc) is 3.28. The van der Waals surface area contributed by atoms with Crippen LogP contribution in [0.3, 0.4) is 0 Å². The molecule has 0 aliphatic carbocycles. The van der Waals surface area contributed by atoms with E-state index in [2.05, 4.69) is 23.2 Å². The zero-order chi connectivity index (χ0) is 22.8.